The van der Waals surface area contributed by atoms with Crippen molar-refractivity contribution in [3.8, 4) is 5.75 Å². The standard InChI is InChI=1S/C24H23Cl2NO5/c1-2-31-16-6-3-5-14(11-16)21-20(22(28)15-8-9-18(25)19(26)12-15)23(29)24(30)27(21)13-17-7-4-10-32-17/h3,5-6,8-9,11-12,17,21,28H,2,4,7,10,13H2,1H3/b22-20-. The summed E-state index contributed by atoms with van der Waals surface area (Å²) in [5, 5.41) is 11.7. The van der Waals surface area contributed by atoms with Gasteiger partial charge in [0.15, 0.2) is 0 Å². The molecule has 2 saturated heterocycles. The van der Waals surface area contributed by atoms with E-state index in [9.17, 15) is 14.7 Å². The molecule has 8 heteroatoms. The molecule has 0 saturated carbocycles. The summed E-state index contributed by atoms with van der Waals surface area (Å²) in [4.78, 5) is 27.6. The molecule has 0 bridgehead atoms. The Balaban J connectivity index is 1.84. The Morgan fingerprint density at radius 2 is 2.00 bits per heavy atom. The quantitative estimate of drug-likeness (QED) is 0.361. The maximum Gasteiger partial charge on any atom is 0.295 e. The number of amides is 1. The van der Waals surface area contributed by atoms with Crippen molar-refractivity contribution in [2.24, 2.45) is 0 Å². The highest BCUT2D eigenvalue weighted by atomic mass is 35.5. The number of likely N-dealkylation sites (tertiary alicyclic amines) is 1. The van der Waals surface area contributed by atoms with Crippen molar-refractivity contribution in [3.63, 3.8) is 0 Å². The number of benzene rings is 2. The van der Waals surface area contributed by atoms with Gasteiger partial charge in [0.2, 0.25) is 0 Å². The van der Waals surface area contributed by atoms with Crippen LogP contribution in [0.3, 0.4) is 0 Å². The summed E-state index contributed by atoms with van der Waals surface area (Å²) in [6.07, 6.45) is 1.56. The van der Waals surface area contributed by atoms with Gasteiger partial charge in [-0.05, 0) is 55.7 Å². The fourth-order valence-corrected chi connectivity index (χ4v) is 4.46. The summed E-state index contributed by atoms with van der Waals surface area (Å²) in [6.45, 7) is 3.23. The average Bonchev–Trinajstić information content (AvgIpc) is 3.38. The maximum absolute atomic E-state index is 13.1. The van der Waals surface area contributed by atoms with Gasteiger partial charge in [-0.2, -0.15) is 0 Å². The minimum absolute atomic E-state index is 0.0000320. The predicted molar refractivity (Wildman–Crippen MR) is 122 cm³/mol. The number of halogens is 2. The first kappa shape index (κ1) is 22.6. The topological polar surface area (TPSA) is 76.1 Å². The first-order valence-electron chi connectivity index (χ1n) is 10.5. The van der Waals surface area contributed by atoms with Crippen LogP contribution in [0.1, 0.15) is 36.9 Å². The third-order valence-electron chi connectivity index (χ3n) is 5.64. The van der Waals surface area contributed by atoms with E-state index in [2.05, 4.69) is 0 Å². The molecule has 2 fully saturated rings. The third kappa shape index (κ3) is 4.35. The Bertz CT molecular complexity index is 1080. The molecule has 2 aliphatic heterocycles. The van der Waals surface area contributed by atoms with E-state index in [0.717, 1.165) is 12.8 Å². The summed E-state index contributed by atoms with van der Waals surface area (Å²) >= 11 is 12.1. The highest BCUT2D eigenvalue weighted by Crippen LogP contribution is 2.41. The number of aliphatic hydroxyl groups is 1. The molecule has 0 radical (unpaired) electrons. The van der Waals surface area contributed by atoms with Crippen LogP contribution in [0.25, 0.3) is 5.76 Å². The lowest BCUT2D eigenvalue weighted by molar-refractivity contribution is -0.140. The van der Waals surface area contributed by atoms with Gasteiger partial charge < -0.3 is 19.5 Å². The van der Waals surface area contributed by atoms with Crippen LogP contribution in [-0.4, -0.2) is 47.6 Å². The molecule has 2 aliphatic rings. The minimum atomic E-state index is -0.783. The number of Topliss-reactive ketones (excluding diaryl/α,β-unsaturated/α-hetero) is 1. The number of rotatable bonds is 6. The Kier molecular flexibility index (Phi) is 6.74. The molecule has 0 spiro atoms. The van der Waals surface area contributed by atoms with Crippen LogP contribution in [0.4, 0.5) is 0 Å². The normalized spacial score (nSPS) is 22.5. The van der Waals surface area contributed by atoms with Crippen LogP contribution in [0.2, 0.25) is 10.0 Å². The molecule has 0 aliphatic carbocycles. The van der Waals surface area contributed by atoms with E-state index in [4.69, 9.17) is 32.7 Å². The van der Waals surface area contributed by atoms with Crippen LogP contribution in [-0.2, 0) is 14.3 Å². The van der Waals surface area contributed by atoms with Gasteiger partial charge in [-0.1, -0.05) is 35.3 Å². The average molecular weight is 476 g/mol. The van der Waals surface area contributed by atoms with Gasteiger partial charge >= 0.3 is 0 Å². The first-order valence-corrected chi connectivity index (χ1v) is 11.2. The number of hydrogen-bond donors (Lipinski definition) is 1. The lowest BCUT2D eigenvalue weighted by Crippen LogP contribution is -2.36. The molecule has 2 heterocycles. The second-order valence-electron chi connectivity index (χ2n) is 7.72. The molecule has 32 heavy (non-hydrogen) atoms. The molecular formula is C24H23Cl2NO5. The number of carbonyl (C=O) groups is 2. The zero-order chi connectivity index (χ0) is 22.8. The van der Waals surface area contributed by atoms with Gasteiger partial charge in [-0.3, -0.25) is 9.59 Å². The SMILES string of the molecule is CCOc1cccc(C2/C(=C(/O)c3ccc(Cl)c(Cl)c3)C(=O)C(=O)N2CC2CCCO2)c1. The lowest BCUT2D eigenvalue weighted by atomic mass is 9.95. The highest BCUT2D eigenvalue weighted by Gasteiger charge is 2.47. The molecule has 6 nitrogen and oxygen atoms in total. The summed E-state index contributed by atoms with van der Waals surface area (Å²) < 4.78 is 11.3. The van der Waals surface area contributed by atoms with E-state index in [0.29, 0.717) is 35.1 Å². The third-order valence-corrected chi connectivity index (χ3v) is 6.38. The van der Waals surface area contributed by atoms with Gasteiger partial charge in [-0.15, -0.1) is 0 Å². The summed E-state index contributed by atoms with van der Waals surface area (Å²) in [5.41, 5.74) is 0.968. The van der Waals surface area contributed by atoms with E-state index in [-0.39, 0.29) is 29.0 Å². The molecule has 0 aromatic heterocycles. The number of hydrogen-bond acceptors (Lipinski definition) is 5. The lowest BCUT2D eigenvalue weighted by Gasteiger charge is -2.27. The van der Waals surface area contributed by atoms with Crippen molar-refractivity contribution < 1.29 is 24.2 Å². The first-order chi connectivity index (χ1) is 15.4. The molecule has 2 atom stereocenters. The largest absolute Gasteiger partial charge is 0.507 e. The molecule has 4 rings (SSSR count). The van der Waals surface area contributed by atoms with Crippen molar-refractivity contribution in [1.29, 1.82) is 0 Å². The van der Waals surface area contributed by atoms with Crippen LogP contribution >= 0.6 is 23.2 Å². The number of nitrogens with zero attached hydrogens (tertiary/aromatic N) is 1. The van der Waals surface area contributed by atoms with E-state index in [1.807, 2.05) is 13.0 Å². The zero-order valence-corrected chi connectivity index (χ0v) is 19.0. The van der Waals surface area contributed by atoms with Crippen molar-refractivity contribution in [3.05, 3.63) is 69.2 Å². The summed E-state index contributed by atoms with van der Waals surface area (Å²) in [6, 6.07) is 11.0. The second-order valence-corrected chi connectivity index (χ2v) is 8.54. The Hall–Kier alpha value is -2.54. The van der Waals surface area contributed by atoms with E-state index >= 15 is 0 Å². The van der Waals surface area contributed by atoms with Gasteiger partial charge in [0.05, 0.1) is 34.4 Å². The van der Waals surface area contributed by atoms with Crippen LogP contribution in [0.5, 0.6) is 5.75 Å². The van der Waals surface area contributed by atoms with E-state index < -0.39 is 17.7 Å². The van der Waals surface area contributed by atoms with Crippen molar-refractivity contribution in [1.82, 2.24) is 4.90 Å². The van der Waals surface area contributed by atoms with Crippen LogP contribution in [0, 0.1) is 0 Å². The zero-order valence-electron chi connectivity index (χ0n) is 17.5. The fourth-order valence-electron chi connectivity index (χ4n) is 4.16. The summed E-state index contributed by atoms with van der Waals surface area (Å²) in [7, 11) is 0. The molecule has 168 valence electrons. The molecule has 1 N–H and O–H groups in total. The maximum atomic E-state index is 13.1. The minimum Gasteiger partial charge on any atom is -0.507 e. The van der Waals surface area contributed by atoms with Crippen molar-refractivity contribution in [2.75, 3.05) is 19.8 Å². The second kappa shape index (κ2) is 9.53. The Morgan fingerprint density at radius 1 is 1.19 bits per heavy atom. The van der Waals surface area contributed by atoms with Gasteiger partial charge in [0.25, 0.3) is 11.7 Å². The van der Waals surface area contributed by atoms with Crippen molar-refractivity contribution >= 4 is 40.7 Å². The van der Waals surface area contributed by atoms with Crippen LogP contribution in [0.15, 0.2) is 48.0 Å². The van der Waals surface area contributed by atoms with E-state index in [1.54, 1.807) is 24.3 Å². The van der Waals surface area contributed by atoms with Crippen LogP contribution < -0.4 is 4.74 Å². The number of aliphatic hydroxyl groups excluding tert-OH is 1. The Labute approximate surface area is 196 Å². The predicted octanol–water partition coefficient (Wildman–Crippen LogP) is 4.99. The van der Waals surface area contributed by atoms with Gasteiger partial charge in [-0.25, -0.2) is 0 Å². The molecule has 2 unspecified atom stereocenters. The number of carbonyl (C=O) groups excluding carboxylic acids is 2. The smallest absolute Gasteiger partial charge is 0.295 e. The van der Waals surface area contributed by atoms with Gasteiger partial charge in [0.1, 0.15) is 11.5 Å². The Morgan fingerprint density at radius 3 is 2.69 bits per heavy atom. The number of ether oxygens (including phenoxy) is 2. The molecule has 2 aromatic rings. The van der Waals surface area contributed by atoms with Gasteiger partial charge in [0, 0.05) is 18.7 Å². The molecule has 2 aromatic carbocycles. The monoisotopic (exact) mass is 475 g/mol. The van der Waals surface area contributed by atoms with E-state index in [1.165, 1.54) is 17.0 Å². The fraction of sp³-hybridized carbons (Fsp3) is 0.333. The number of ketones is 1. The molecular weight excluding hydrogens is 453 g/mol. The van der Waals surface area contributed by atoms with Crippen molar-refractivity contribution in [2.45, 2.75) is 31.9 Å². The summed E-state index contributed by atoms with van der Waals surface area (Å²) in [5.74, 6) is -1.11. The highest BCUT2D eigenvalue weighted by molar-refractivity contribution is 6.47. The molecule has 1 amide bonds.